The fraction of sp³-hybridized carbons (Fsp3) is 0.818. The normalized spacial score (nSPS) is 24.3. The molecule has 1 aliphatic heterocycles. The Bertz CT molecular complexity index is 157. The zero-order valence-corrected chi connectivity index (χ0v) is 8.71. The highest BCUT2D eigenvalue weighted by molar-refractivity contribution is 4.81. The molecule has 1 unspecified atom stereocenters. The molecule has 1 heterocycles. The molecule has 1 aliphatic rings. The fourth-order valence-corrected chi connectivity index (χ4v) is 1.56. The van der Waals surface area contributed by atoms with Crippen molar-refractivity contribution in [2.24, 2.45) is 0 Å². The van der Waals surface area contributed by atoms with Crippen LogP contribution in [0.4, 0.5) is 0 Å². The van der Waals surface area contributed by atoms with Gasteiger partial charge >= 0.3 is 0 Å². The van der Waals surface area contributed by atoms with Crippen LogP contribution < -0.4 is 0 Å². The molecular weight excluding hydrogens is 164 g/mol. The minimum absolute atomic E-state index is 0.00343. The van der Waals surface area contributed by atoms with E-state index in [1.165, 1.54) is 12.8 Å². The van der Waals surface area contributed by atoms with E-state index in [0.717, 1.165) is 19.4 Å². The molecule has 1 fully saturated rings. The van der Waals surface area contributed by atoms with E-state index in [4.69, 9.17) is 9.47 Å². The highest BCUT2D eigenvalue weighted by Gasteiger charge is 2.24. The molecule has 0 radical (unpaired) electrons. The van der Waals surface area contributed by atoms with Crippen molar-refractivity contribution in [1.29, 1.82) is 0 Å². The minimum atomic E-state index is -0.135. The molecule has 0 aromatic heterocycles. The summed E-state index contributed by atoms with van der Waals surface area (Å²) in [6.07, 6.45) is 6.18. The van der Waals surface area contributed by atoms with Crippen molar-refractivity contribution in [1.82, 2.24) is 0 Å². The van der Waals surface area contributed by atoms with Crippen LogP contribution in [-0.2, 0) is 9.47 Å². The number of ether oxygens (including phenoxy) is 2. The van der Waals surface area contributed by atoms with E-state index in [0.29, 0.717) is 0 Å². The van der Waals surface area contributed by atoms with E-state index in [1.54, 1.807) is 0 Å². The van der Waals surface area contributed by atoms with Crippen LogP contribution in [0, 0.1) is 0 Å². The van der Waals surface area contributed by atoms with Crippen LogP contribution in [-0.4, -0.2) is 18.5 Å². The third kappa shape index (κ3) is 3.92. The molecule has 0 bridgehead atoms. The SMILES string of the molecule is C=CCC(C)(C)OC1CCCCO1. The van der Waals surface area contributed by atoms with Crippen LogP contribution in [0.3, 0.4) is 0 Å². The van der Waals surface area contributed by atoms with Gasteiger partial charge in [-0.05, 0) is 39.5 Å². The lowest BCUT2D eigenvalue weighted by Crippen LogP contribution is -2.33. The van der Waals surface area contributed by atoms with Crippen LogP contribution in [0.2, 0.25) is 0 Å². The lowest BCUT2D eigenvalue weighted by Gasteiger charge is -2.32. The summed E-state index contributed by atoms with van der Waals surface area (Å²) < 4.78 is 11.3. The van der Waals surface area contributed by atoms with Gasteiger partial charge < -0.3 is 9.47 Å². The van der Waals surface area contributed by atoms with E-state index in [1.807, 2.05) is 6.08 Å². The Kier molecular flexibility index (Phi) is 3.94. The van der Waals surface area contributed by atoms with Crippen molar-refractivity contribution >= 4 is 0 Å². The monoisotopic (exact) mass is 184 g/mol. The maximum absolute atomic E-state index is 5.83. The second-order valence-corrected chi connectivity index (χ2v) is 4.17. The van der Waals surface area contributed by atoms with Gasteiger partial charge in [-0.15, -0.1) is 6.58 Å². The maximum atomic E-state index is 5.83. The molecule has 2 nitrogen and oxygen atoms in total. The van der Waals surface area contributed by atoms with Gasteiger partial charge in [0.1, 0.15) is 0 Å². The first-order chi connectivity index (χ1) is 6.14. The van der Waals surface area contributed by atoms with E-state index in [-0.39, 0.29) is 11.9 Å². The van der Waals surface area contributed by atoms with Gasteiger partial charge in [-0.25, -0.2) is 0 Å². The minimum Gasteiger partial charge on any atom is -0.353 e. The van der Waals surface area contributed by atoms with E-state index >= 15 is 0 Å². The Morgan fingerprint density at radius 3 is 2.85 bits per heavy atom. The second kappa shape index (κ2) is 4.77. The molecule has 0 aromatic rings. The molecular formula is C11H20O2. The third-order valence-electron chi connectivity index (χ3n) is 2.22. The second-order valence-electron chi connectivity index (χ2n) is 4.17. The Balaban J connectivity index is 2.32. The standard InChI is InChI=1S/C11H20O2/c1-4-8-11(2,3)13-10-7-5-6-9-12-10/h4,10H,1,5-9H2,2-3H3. The molecule has 0 saturated carbocycles. The zero-order chi connectivity index (χ0) is 9.73. The van der Waals surface area contributed by atoms with Gasteiger partial charge in [0, 0.05) is 6.61 Å². The van der Waals surface area contributed by atoms with Crippen LogP contribution in [0.15, 0.2) is 12.7 Å². The first kappa shape index (κ1) is 10.7. The largest absolute Gasteiger partial charge is 0.353 e. The summed E-state index contributed by atoms with van der Waals surface area (Å²) >= 11 is 0. The average Bonchev–Trinajstić information content (AvgIpc) is 2.04. The van der Waals surface area contributed by atoms with E-state index in [9.17, 15) is 0 Å². The highest BCUT2D eigenvalue weighted by Crippen LogP contribution is 2.22. The Morgan fingerprint density at radius 2 is 2.31 bits per heavy atom. The lowest BCUT2D eigenvalue weighted by atomic mass is 10.1. The summed E-state index contributed by atoms with van der Waals surface area (Å²) in [6.45, 7) is 8.71. The molecule has 1 rings (SSSR count). The van der Waals surface area contributed by atoms with Gasteiger partial charge in [0.05, 0.1) is 5.60 Å². The van der Waals surface area contributed by atoms with Crippen molar-refractivity contribution in [3.8, 4) is 0 Å². The Hall–Kier alpha value is -0.340. The van der Waals surface area contributed by atoms with E-state index in [2.05, 4.69) is 20.4 Å². The van der Waals surface area contributed by atoms with Gasteiger partial charge in [-0.1, -0.05) is 6.08 Å². The first-order valence-corrected chi connectivity index (χ1v) is 5.04. The van der Waals surface area contributed by atoms with Crippen molar-refractivity contribution in [2.75, 3.05) is 6.61 Å². The van der Waals surface area contributed by atoms with Gasteiger partial charge in [-0.2, -0.15) is 0 Å². The van der Waals surface area contributed by atoms with Gasteiger partial charge in [-0.3, -0.25) is 0 Å². The summed E-state index contributed by atoms with van der Waals surface area (Å²) in [6, 6.07) is 0. The molecule has 2 heteroatoms. The Labute approximate surface area is 80.9 Å². The van der Waals surface area contributed by atoms with Gasteiger partial charge in [0.15, 0.2) is 6.29 Å². The number of rotatable bonds is 4. The summed E-state index contributed by atoms with van der Waals surface area (Å²) in [7, 11) is 0. The predicted molar refractivity (Wildman–Crippen MR) is 53.6 cm³/mol. The number of hydrogen-bond acceptors (Lipinski definition) is 2. The predicted octanol–water partition coefficient (Wildman–Crippen LogP) is 2.88. The fourth-order valence-electron chi connectivity index (χ4n) is 1.56. The maximum Gasteiger partial charge on any atom is 0.158 e. The molecule has 13 heavy (non-hydrogen) atoms. The Morgan fingerprint density at radius 1 is 1.54 bits per heavy atom. The van der Waals surface area contributed by atoms with Crippen LogP contribution in [0.25, 0.3) is 0 Å². The highest BCUT2D eigenvalue weighted by atomic mass is 16.7. The summed E-state index contributed by atoms with van der Waals surface area (Å²) in [4.78, 5) is 0. The van der Waals surface area contributed by atoms with Crippen LogP contribution >= 0.6 is 0 Å². The van der Waals surface area contributed by atoms with Crippen molar-refractivity contribution in [2.45, 2.75) is 51.4 Å². The molecule has 76 valence electrons. The van der Waals surface area contributed by atoms with Gasteiger partial charge in [0.25, 0.3) is 0 Å². The molecule has 1 atom stereocenters. The third-order valence-corrected chi connectivity index (χ3v) is 2.22. The summed E-state index contributed by atoms with van der Waals surface area (Å²) in [5.74, 6) is 0. The van der Waals surface area contributed by atoms with Crippen molar-refractivity contribution in [3.05, 3.63) is 12.7 Å². The zero-order valence-electron chi connectivity index (χ0n) is 8.71. The molecule has 0 spiro atoms. The molecule has 0 aromatic carbocycles. The average molecular weight is 184 g/mol. The smallest absolute Gasteiger partial charge is 0.158 e. The topological polar surface area (TPSA) is 18.5 Å². The summed E-state index contributed by atoms with van der Waals surface area (Å²) in [5.41, 5.74) is -0.135. The quantitative estimate of drug-likeness (QED) is 0.625. The summed E-state index contributed by atoms with van der Waals surface area (Å²) in [5, 5.41) is 0. The lowest BCUT2D eigenvalue weighted by molar-refractivity contribution is -0.214. The van der Waals surface area contributed by atoms with Crippen molar-refractivity contribution < 1.29 is 9.47 Å². The van der Waals surface area contributed by atoms with Crippen molar-refractivity contribution in [3.63, 3.8) is 0 Å². The molecule has 0 amide bonds. The van der Waals surface area contributed by atoms with Crippen LogP contribution in [0.1, 0.15) is 39.5 Å². The van der Waals surface area contributed by atoms with Crippen LogP contribution in [0.5, 0.6) is 0 Å². The molecule has 1 saturated heterocycles. The molecule has 0 N–H and O–H groups in total. The first-order valence-electron chi connectivity index (χ1n) is 5.04. The van der Waals surface area contributed by atoms with Gasteiger partial charge in [0.2, 0.25) is 0 Å². The number of hydrogen-bond donors (Lipinski definition) is 0. The van der Waals surface area contributed by atoms with E-state index < -0.39 is 0 Å². The molecule has 0 aliphatic carbocycles.